The van der Waals surface area contributed by atoms with E-state index in [2.05, 4.69) is 31.0 Å². The van der Waals surface area contributed by atoms with Gasteiger partial charge in [-0.25, -0.2) is 8.78 Å². The minimum Gasteiger partial charge on any atom is -0.433 e. The SMILES string of the molecule is CC(F)(c1cc(Br)c(NC(=O)c2cccc(N(CC3CC3)C(=O)c3ccncc3)c2F)c(OC(F)F)c1)C(F)(F)F. The molecule has 1 aliphatic rings. The Morgan fingerprint density at radius 3 is 2.37 bits per heavy atom. The van der Waals surface area contributed by atoms with E-state index in [-0.39, 0.29) is 30.6 Å². The summed E-state index contributed by atoms with van der Waals surface area (Å²) in [5.74, 6) is -3.71. The van der Waals surface area contributed by atoms with Crippen molar-refractivity contribution in [1.82, 2.24) is 4.98 Å². The average Bonchev–Trinajstić information content (AvgIpc) is 3.72. The lowest BCUT2D eigenvalue weighted by Crippen LogP contribution is -2.35. The van der Waals surface area contributed by atoms with E-state index in [0.717, 1.165) is 18.9 Å². The molecule has 0 bridgehead atoms. The van der Waals surface area contributed by atoms with Crippen LogP contribution in [-0.4, -0.2) is 36.1 Å². The maximum atomic E-state index is 15.8. The van der Waals surface area contributed by atoms with E-state index in [4.69, 9.17) is 0 Å². The largest absolute Gasteiger partial charge is 0.433 e. The van der Waals surface area contributed by atoms with E-state index >= 15 is 4.39 Å². The van der Waals surface area contributed by atoms with Gasteiger partial charge in [-0.1, -0.05) is 6.07 Å². The molecule has 1 fully saturated rings. The van der Waals surface area contributed by atoms with Gasteiger partial charge in [-0.2, -0.15) is 22.0 Å². The first-order chi connectivity index (χ1) is 19.2. The van der Waals surface area contributed by atoms with Crippen LogP contribution >= 0.6 is 15.9 Å². The van der Waals surface area contributed by atoms with Gasteiger partial charge in [-0.05, 0) is 78.0 Å². The van der Waals surface area contributed by atoms with Crippen LogP contribution in [0.5, 0.6) is 5.75 Å². The molecule has 4 rings (SSSR count). The standard InChI is InChI=1S/C27H21BrF7N3O3/c1-26(32,27(33,34)35)16-11-18(28)22(20(12-16)41-25(30)31)37-23(39)17-3-2-4-19(21(17)29)38(13-14-5-6-14)24(40)15-7-9-36-10-8-15/h2-4,7-12,14,25H,5-6,13H2,1H3,(H,37,39). The fourth-order valence-electron chi connectivity index (χ4n) is 3.91. The number of carbonyl (C=O) groups is 2. The van der Waals surface area contributed by atoms with Gasteiger partial charge in [-0.3, -0.25) is 14.6 Å². The topological polar surface area (TPSA) is 71.5 Å². The highest BCUT2D eigenvalue weighted by molar-refractivity contribution is 9.10. The second-order valence-corrected chi connectivity index (χ2v) is 10.3. The third-order valence-electron chi connectivity index (χ3n) is 6.41. The van der Waals surface area contributed by atoms with Crippen molar-refractivity contribution in [1.29, 1.82) is 0 Å². The van der Waals surface area contributed by atoms with Gasteiger partial charge >= 0.3 is 12.8 Å². The van der Waals surface area contributed by atoms with Gasteiger partial charge < -0.3 is 15.0 Å². The zero-order chi connectivity index (χ0) is 30.1. The number of benzene rings is 2. The number of aromatic nitrogens is 1. The molecular weight excluding hydrogens is 627 g/mol. The fourth-order valence-corrected chi connectivity index (χ4v) is 4.45. The second kappa shape index (κ2) is 11.7. The Bertz CT molecular complexity index is 1450. The molecule has 2 amide bonds. The quantitative estimate of drug-likeness (QED) is 0.242. The van der Waals surface area contributed by atoms with Crippen LogP contribution in [0.15, 0.2) is 59.3 Å². The smallest absolute Gasteiger partial charge is 0.426 e. The van der Waals surface area contributed by atoms with Gasteiger partial charge in [0, 0.05) is 34.5 Å². The Morgan fingerprint density at radius 1 is 1.12 bits per heavy atom. The van der Waals surface area contributed by atoms with Crippen LogP contribution in [0, 0.1) is 11.7 Å². The van der Waals surface area contributed by atoms with Crippen molar-refractivity contribution in [3.63, 3.8) is 0 Å². The van der Waals surface area contributed by atoms with Crippen molar-refractivity contribution in [2.24, 2.45) is 5.92 Å². The molecule has 1 atom stereocenters. The molecular formula is C27H21BrF7N3O3. The van der Waals surface area contributed by atoms with E-state index in [1.807, 2.05) is 0 Å². The van der Waals surface area contributed by atoms with Crippen LogP contribution in [-0.2, 0) is 5.67 Å². The van der Waals surface area contributed by atoms with Gasteiger partial charge in [0.2, 0.25) is 5.67 Å². The summed E-state index contributed by atoms with van der Waals surface area (Å²) < 4.78 is 100. The number of alkyl halides is 6. The molecule has 41 heavy (non-hydrogen) atoms. The van der Waals surface area contributed by atoms with Crippen LogP contribution in [0.4, 0.5) is 42.1 Å². The number of halogens is 8. The Labute approximate surface area is 237 Å². The zero-order valence-corrected chi connectivity index (χ0v) is 22.7. The van der Waals surface area contributed by atoms with Gasteiger partial charge in [0.1, 0.15) is 0 Å². The van der Waals surface area contributed by atoms with E-state index in [1.165, 1.54) is 41.6 Å². The lowest BCUT2D eigenvalue weighted by atomic mass is 9.96. The zero-order valence-electron chi connectivity index (χ0n) is 21.1. The Balaban J connectivity index is 1.70. The third kappa shape index (κ3) is 6.63. The molecule has 1 unspecified atom stereocenters. The molecule has 14 heteroatoms. The predicted octanol–water partition coefficient (Wildman–Crippen LogP) is 7.64. The molecule has 0 radical (unpaired) electrons. The number of pyridine rings is 1. The maximum Gasteiger partial charge on any atom is 0.426 e. The highest BCUT2D eigenvalue weighted by atomic mass is 79.9. The summed E-state index contributed by atoms with van der Waals surface area (Å²) in [4.78, 5) is 31.4. The number of carbonyl (C=O) groups excluding carboxylic acids is 2. The van der Waals surface area contributed by atoms with Gasteiger partial charge in [0.25, 0.3) is 11.8 Å². The van der Waals surface area contributed by atoms with Gasteiger partial charge in [-0.15, -0.1) is 0 Å². The highest BCUT2D eigenvalue weighted by Gasteiger charge is 2.54. The molecule has 6 nitrogen and oxygen atoms in total. The normalized spacial score (nSPS) is 14.9. The minimum atomic E-state index is -5.40. The number of amides is 2. The number of rotatable bonds is 9. The Hall–Kier alpha value is -3.68. The van der Waals surface area contributed by atoms with Crippen molar-refractivity contribution in [2.75, 3.05) is 16.8 Å². The molecule has 1 saturated carbocycles. The molecule has 1 heterocycles. The van der Waals surface area contributed by atoms with Crippen LogP contribution < -0.4 is 15.0 Å². The van der Waals surface area contributed by atoms with Crippen molar-refractivity contribution >= 4 is 39.1 Å². The molecule has 1 aromatic heterocycles. The number of nitrogens with zero attached hydrogens (tertiary/aromatic N) is 2. The summed E-state index contributed by atoms with van der Waals surface area (Å²) in [5, 5.41) is 2.14. The number of anilines is 2. The summed E-state index contributed by atoms with van der Waals surface area (Å²) in [7, 11) is 0. The molecule has 2 aromatic carbocycles. The van der Waals surface area contributed by atoms with Gasteiger partial charge in [0.15, 0.2) is 11.6 Å². The summed E-state index contributed by atoms with van der Waals surface area (Å²) in [6.45, 7) is -3.19. The van der Waals surface area contributed by atoms with Crippen molar-refractivity contribution < 1.29 is 45.1 Å². The van der Waals surface area contributed by atoms with Crippen molar-refractivity contribution in [3.05, 3.63) is 81.8 Å². The Kier molecular flexibility index (Phi) is 8.62. The van der Waals surface area contributed by atoms with E-state index < -0.39 is 63.1 Å². The summed E-state index contributed by atoms with van der Waals surface area (Å²) in [5.41, 5.74) is -6.22. The van der Waals surface area contributed by atoms with E-state index in [1.54, 1.807) is 0 Å². The molecule has 3 aromatic rings. The summed E-state index contributed by atoms with van der Waals surface area (Å²) in [6, 6.07) is 7.57. The lowest BCUT2D eigenvalue weighted by Gasteiger charge is -2.26. The fraction of sp³-hybridized carbons (Fsp3) is 0.296. The molecule has 218 valence electrons. The van der Waals surface area contributed by atoms with Crippen molar-refractivity contribution in [3.8, 4) is 5.75 Å². The predicted molar refractivity (Wildman–Crippen MR) is 138 cm³/mol. The first-order valence-electron chi connectivity index (χ1n) is 12.1. The van der Waals surface area contributed by atoms with Gasteiger partial charge in [0.05, 0.1) is 16.9 Å². The number of hydrogen-bond donors (Lipinski definition) is 1. The summed E-state index contributed by atoms with van der Waals surface area (Å²) >= 11 is 2.86. The first kappa shape index (κ1) is 30.3. The van der Waals surface area contributed by atoms with Crippen LogP contribution in [0.25, 0.3) is 0 Å². The summed E-state index contributed by atoms with van der Waals surface area (Å²) in [6.07, 6.45) is -0.963. The number of ether oxygens (including phenoxy) is 1. The number of nitrogens with one attached hydrogen (secondary N) is 1. The molecule has 0 spiro atoms. The van der Waals surface area contributed by atoms with Crippen LogP contribution in [0.2, 0.25) is 0 Å². The lowest BCUT2D eigenvalue weighted by molar-refractivity contribution is -0.228. The molecule has 0 aliphatic heterocycles. The highest BCUT2D eigenvalue weighted by Crippen LogP contribution is 2.46. The molecule has 1 N–H and O–H groups in total. The van der Waals surface area contributed by atoms with E-state index in [9.17, 15) is 35.9 Å². The van der Waals surface area contributed by atoms with Crippen LogP contribution in [0.3, 0.4) is 0 Å². The third-order valence-corrected chi connectivity index (χ3v) is 7.03. The number of hydrogen-bond acceptors (Lipinski definition) is 4. The second-order valence-electron chi connectivity index (χ2n) is 9.40. The Morgan fingerprint density at radius 2 is 1.78 bits per heavy atom. The molecule has 0 saturated heterocycles. The minimum absolute atomic E-state index is 0.124. The van der Waals surface area contributed by atoms with Crippen molar-refractivity contribution in [2.45, 2.75) is 38.2 Å². The maximum absolute atomic E-state index is 15.8. The average molecular weight is 648 g/mol. The van der Waals surface area contributed by atoms with E-state index in [0.29, 0.717) is 12.1 Å². The monoisotopic (exact) mass is 647 g/mol. The van der Waals surface area contributed by atoms with Crippen LogP contribution in [0.1, 0.15) is 46.0 Å². The first-order valence-corrected chi connectivity index (χ1v) is 12.9. The molecule has 1 aliphatic carbocycles.